The first kappa shape index (κ1) is 14.6. The van der Waals surface area contributed by atoms with E-state index in [1.54, 1.807) is 25.7 Å². The van der Waals surface area contributed by atoms with Gasteiger partial charge in [0.2, 0.25) is 0 Å². The van der Waals surface area contributed by atoms with Gasteiger partial charge in [-0.1, -0.05) is 35.4 Å². The summed E-state index contributed by atoms with van der Waals surface area (Å²) >= 11 is 2.53. The lowest BCUT2D eigenvalue weighted by atomic mass is 9.73. The number of rotatable bonds is 5. The van der Waals surface area contributed by atoms with E-state index in [-0.39, 0.29) is 0 Å². The minimum absolute atomic E-state index is 1.07. The van der Waals surface area contributed by atoms with Crippen LogP contribution >= 0.6 is 22.6 Å². The van der Waals surface area contributed by atoms with E-state index in [1.807, 2.05) is 0 Å². The second-order valence-electron chi connectivity index (χ2n) is 7.18. The van der Waals surface area contributed by atoms with Gasteiger partial charge in [0.05, 0.1) is 18.6 Å². The molecule has 2 aliphatic carbocycles. The maximum atomic E-state index is 2.53. The Morgan fingerprint density at radius 3 is 1.89 bits per heavy atom. The SMILES string of the molecule is ICCCCC[NH+]1C2CCCCC2C2CCCCC21. The summed E-state index contributed by atoms with van der Waals surface area (Å²) in [5, 5.41) is 0. The molecule has 3 fully saturated rings. The van der Waals surface area contributed by atoms with E-state index in [0.717, 1.165) is 23.9 Å². The Balaban J connectivity index is 1.62. The van der Waals surface area contributed by atoms with E-state index in [4.69, 9.17) is 0 Å². The Bertz CT molecular complexity index is 258. The van der Waals surface area contributed by atoms with Crippen LogP contribution in [-0.2, 0) is 0 Å². The normalized spacial score (nSPS) is 41.8. The highest BCUT2D eigenvalue weighted by Gasteiger charge is 2.52. The van der Waals surface area contributed by atoms with Gasteiger partial charge in [0.25, 0.3) is 0 Å². The lowest BCUT2D eigenvalue weighted by Gasteiger charge is -2.31. The summed E-state index contributed by atoms with van der Waals surface area (Å²) in [7, 11) is 0. The van der Waals surface area contributed by atoms with E-state index in [0.29, 0.717) is 0 Å². The molecule has 0 amide bonds. The average molecular weight is 376 g/mol. The minimum Gasteiger partial charge on any atom is -0.330 e. The number of quaternary nitrogens is 1. The maximum Gasteiger partial charge on any atom is 0.0910 e. The molecule has 0 bridgehead atoms. The predicted octanol–water partition coefficient (Wildman–Crippen LogP) is 3.61. The first-order valence-corrected chi connectivity index (χ1v) is 10.4. The number of likely N-dealkylation sites (tertiary alicyclic amines) is 1. The van der Waals surface area contributed by atoms with Crippen LogP contribution in [0.3, 0.4) is 0 Å². The van der Waals surface area contributed by atoms with Gasteiger partial charge in [0.1, 0.15) is 0 Å². The monoisotopic (exact) mass is 376 g/mol. The third-order valence-electron chi connectivity index (χ3n) is 6.24. The molecule has 3 aliphatic rings. The minimum atomic E-state index is 1.07. The van der Waals surface area contributed by atoms with Gasteiger partial charge in [0.15, 0.2) is 0 Å². The second kappa shape index (κ2) is 7.11. The van der Waals surface area contributed by atoms with Gasteiger partial charge in [-0.05, 0) is 62.2 Å². The highest BCUT2D eigenvalue weighted by Crippen LogP contribution is 2.41. The van der Waals surface area contributed by atoms with Crippen molar-refractivity contribution in [1.82, 2.24) is 0 Å². The molecule has 1 heterocycles. The van der Waals surface area contributed by atoms with Crippen LogP contribution in [0.5, 0.6) is 0 Å². The second-order valence-corrected chi connectivity index (χ2v) is 8.26. The number of halogens is 1. The zero-order chi connectivity index (χ0) is 13.1. The Morgan fingerprint density at radius 1 is 0.737 bits per heavy atom. The molecule has 4 unspecified atom stereocenters. The topological polar surface area (TPSA) is 4.44 Å². The Hall–Kier alpha value is 0.690. The summed E-state index contributed by atoms with van der Waals surface area (Å²) in [6, 6.07) is 2.14. The molecule has 0 radical (unpaired) electrons. The van der Waals surface area contributed by atoms with Gasteiger partial charge in [-0.2, -0.15) is 0 Å². The van der Waals surface area contributed by atoms with E-state index < -0.39 is 0 Å². The maximum absolute atomic E-state index is 2.53. The summed E-state index contributed by atoms with van der Waals surface area (Å²) in [5.74, 6) is 2.25. The van der Waals surface area contributed by atoms with E-state index in [1.165, 1.54) is 55.9 Å². The smallest absolute Gasteiger partial charge is 0.0910 e. The first-order chi connectivity index (χ1) is 9.42. The molecule has 1 saturated heterocycles. The molecular formula is C17H31IN+. The van der Waals surface area contributed by atoms with Crippen molar-refractivity contribution in [2.75, 3.05) is 11.0 Å². The van der Waals surface area contributed by atoms with Crippen molar-refractivity contribution in [1.29, 1.82) is 0 Å². The molecule has 1 aliphatic heterocycles. The predicted molar refractivity (Wildman–Crippen MR) is 90.1 cm³/mol. The number of nitrogens with one attached hydrogen (secondary N) is 1. The Labute approximate surface area is 133 Å². The van der Waals surface area contributed by atoms with Crippen LogP contribution in [-0.4, -0.2) is 23.1 Å². The van der Waals surface area contributed by atoms with Crippen molar-refractivity contribution in [3.8, 4) is 0 Å². The molecule has 2 heteroatoms. The molecule has 4 atom stereocenters. The molecule has 3 rings (SSSR count). The zero-order valence-corrected chi connectivity index (χ0v) is 14.5. The number of alkyl halides is 1. The van der Waals surface area contributed by atoms with Gasteiger partial charge in [-0.3, -0.25) is 0 Å². The number of hydrogen-bond acceptors (Lipinski definition) is 0. The molecule has 19 heavy (non-hydrogen) atoms. The van der Waals surface area contributed by atoms with Crippen LogP contribution < -0.4 is 4.90 Å². The zero-order valence-electron chi connectivity index (χ0n) is 12.4. The van der Waals surface area contributed by atoms with Crippen molar-refractivity contribution in [3.05, 3.63) is 0 Å². The molecule has 0 spiro atoms. The van der Waals surface area contributed by atoms with Crippen LogP contribution in [0.25, 0.3) is 0 Å². The van der Waals surface area contributed by atoms with Crippen LogP contribution in [0.2, 0.25) is 0 Å². The fraction of sp³-hybridized carbons (Fsp3) is 1.00. The van der Waals surface area contributed by atoms with Crippen molar-refractivity contribution in [2.45, 2.75) is 82.7 Å². The van der Waals surface area contributed by atoms with Crippen molar-refractivity contribution >= 4 is 22.6 Å². The van der Waals surface area contributed by atoms with Gasteiger partial charge in [-0.25, -0.2) is 0 Å². The summed E-state index contributed by atoms with van der Waals surface area (Å²) in [4.78, 5) is 2.07. The van der Waals surface area contributed by atoms with Crippen LogP contribution in [0.1, 0.15) is 70.6 Å². The van der Waals surface area contributed by atoms with Gasteiger partial charge in [-0.15, -0.1) is 0 Å². The molecule has 110 valence electrons. The molecule has 2 saturated carbocycles. The molecular weight excluding hydrogens is 345 g/mol. The third kappa shape index (κ3) is 3.14. The average Bonchev–Trinajstić information content (AvgIpc) is 2.78. The number of hydrogen-bond donors (Lipinski definition) is 1. The van der Waals surface area contributed by atoms with Crippen molar-refractivity contribution < 1.29 is 4.90 Å². The fourth-order valence-corrected chi connectivity index (χ4v) is 6.05. The standard InChI is InChI=1S/C17H30IN/c18-12-6-1-7-13-19-16-10-4-2-8-14(16)15-9-3-5-11-17(15)19/h14-17H,1-13H2/p+1. The summed E-state index contributed by atoms with van der Waals surface area (Å²) in [5.41, 5.74) is 0. The van der Waals surface area contributed by atoms with E-state index in [9.17, 15) is 0 Å². The van der Waals surface area contributed by atoms with Crippen LogP contribution in [0.15, 0.2) is 0 Å². The van der Waals surface area contributed by atoms with Crippen LogP contribution in [0.4, 0.5) is 0 Å². The van der Waals surface area contributed by atoms with Gasteiger partial charge < -0.3 is 4.90 Å². The molecule has 0 aromatic heterocycles. The van der Waals surface area contributed by atoms with Crippen molar-refractivity contribution in [3.63, 3.8) is 0 Å². The van der Waals surface area contributed by atoms with Crippen molar-refractivity contribution in [2.24, 2.45) is 11.8 Å². The molecule has 1 nitrogen and oxygen atoms in total. The molecule has 0 aromatic rings. The first-order valence-electron chi connectivity index (χ1n) is 8.83. The summed E-state index contributed by atoms with van der Waals surface area (Å²) < 4.78 is 1.35. The highest BCUT2D eigenvalue weighted by atomic mass is 127. The largest absolute Gasteiger partial charge is 0.330 e. The number of unbranched alkanes of at least 4 members (excludes halogenated alkanes) is 2. The third-order valence-corrected chi connectivity index (χ3v) is 7.00. The van der Waals surface area contributed by atoms with E-state index >= 15 is 0 Å². The number of fused-ring (bicyclic) bond motifs is 3. The Kier molecular flexibility index (Phi) is 5.47. The Morgan fingerprint density at radius 2 is 1.32 bits per heavy atom. The lowest BCUT2D eigenvalue weighted by Crippen LogP contribution is -3.17. The van der Waals surface area contributed by atoms with Crippen LogP contribution in [0, 0.1) is 11.8 Å². The fourth-order valence-electron chi connectivity index (χ4n) is 5.51. The van der Waals surface area contributed by atoms with E-state index in [2.05, 4.69) is 27.5 Å². The lowest BCUT2D eigenvalue weighted by molar-refractivity contribution is -0.941. The molecule has 1 N–H and O–H groups in total. The van der Waals surface area contributed by atoms with Gasteiger partial charge >= 0.3 is 0 Å². The molecule has 0 aromatic carbocycles. The highest BCUT2D eigenvalue weighted by molar-refractivity contribution is 14.1. The summed E-state index contributed by atoms with van der Waals surface area (Å²) in [6.07, 6.45) is 16.8. The quantitative estimate of drug-likeness (QED) is 0.425. The summed E-state index contributed by atoms with van der Waals surface area (Å²) in [6.45, 7) is 1.50. The van der Waals surface area contributed by atoms with Gasteiger partial charge in [0, 0.05) is 11.8 Å².